The summed E-state index contributed by atoms with van der Waals surface area (Å²) >= 11 is 0. The van der Waals surface area contributed by atoms with Gasteiger partial charge in [-0.15, -0.1) is 6.42 Å². The van der Waals surface area contributed by atoms with Gasteiger partial charge in [-0.05, 0) is 23.9 Å². The molecule has 86 valence electrons. The second kappa shape index (κ2) is 4.02. The molecule has 0 spiro atoms. The zero-order chi connectivity index (χ0) is 12.6. The lowest BCUT2D eigenvalue weighted by atomic mass is 10.0. The molecular formula is C13H10F2N2. The molecule has 17 heavy (non-hydrogen) atoms. The van der Waals surface area contributed by atoms with Gasteiger partial charge in [-0.3, -0.25) is 0 Å². The molecule has 2 aromatic rings. The Morgan fingerprint density at radius 2 is 2.12 bits per heavy atom. The van der Waals surface area contributed by atoms with Crippen LogP contribution in [-0.2, 0) is 6.42 Å². The van der Waals surface area contributed by atoms with Gasteiger partial charge in [-0.1, -0.05) is 12.8 Å². The number of fused-ring (bicyclic) bond motifs is 1. The fraction of sp³-hybridized carbons (Fsp3) is 0.154. The van der Waals surface area contributed by atoms with Gasteiger partial charge in [-0.2, -0.15) is 0 Å². The number of halogens is 2. The van der Waals surface area contributed by atoms with E-state index in [4.69, 9.17) is 12.2 Å². The van der Waals surface area contributed by atoms with Crippen molar-refractivity contribution in [3.8, 4) is 12.3 Å². The van der Waals surface area contributed by atoms with Crippen molar-refractivity contribution in [2.75, 3.05) is 5.73 Å². The smallest absolute Gasteiger partial charge is 0.175 e. The van der Waals surface area contributed by atoms with Gasteiger partial charge in [0.2, 0.25) is 0 Å². The van der Waals surface area contributed by atoms with Crippen LogP contribution >= 0.6 is 0 Å². The highest BCUT2D eigenvalue weighted by molar-refractivity contribution is 5.92. The average Bonchev–Trinajstić information content (AvgIpc) is 2.30. The van der Waals surface area contributed by atoms with Crippen molar-refractivity contribution in [1.29, 1.82) is 0 Å². The van der Waals surface area contributed by atoms with Gasteiger partial charge < -0.3 is 5.73 Å². The van der Waals surface area contributed by atoms with E-state index in [0.29, 0.717) is 22.9 Å². The van der Waals surface area contributed by atoms with Crippen LogP contribution in [0.1, 0.15) is 18.2 Å². The molecule has 0 aliphatic heterocycles. The largest absolute Gasteiger partial charge is 0.384 e. The van der Waals surface area contributed by atoms with Crippen molar-refractivity contribution >= 4 is 16.6 Å². The van der Waals surface area contributed by atoms with Crippen LogP contribution in [0.2, 0.25) is 0 Å². The van der Waals surface area contributed by atoms with E-state index in [1.54, 1.807) is 0 Å². The predicted molar refractivity (Wildman–Crippen MR) is 63.4 cm³/mol. The molecule has 0 aliphatic rings. The van der Waals surface area contributed by atoms with E-state index in [9.17, 15) is 8.78 Å². The molecule has 0 amide bonds. The van der Waals surface area contributed by atoms with Gasteiger partial charge in [0.15, 0.2) is 11.6 Å². The Morgan fingerprint density at radius 1 is 1.41 bits per heavy atom. The summed E-state index contributed by atoms with van der Waals surface area (Å²) in [4.78, 5) is 4.09. The van der Waals surface area contributed by atoms with Crippen LogP contribution < -0.4 is 5.73 Å². The third-order valence-electron chi connectivity index (χ3n) is 2.59. The van der Waals surface area contributed by atoms with Crippen molar-refractivity contribution in [2.24, 2.45) is 0 Å². The van der Waals surface area contributed by atoms with E-state index >= 15 is 0 Å². The molecule has 0 atom stereocenters. The quantitative estimate of drug-likeness (QED) is 0.767. The summed E-state index contributed by atoms with van der Waals surface area (Å²) in [6, 6.07) is 2.57. The van der Waals surface area contributed by atoms with E-state index in [0.717, 1.165) is 6.07 Å². The summed E-state index contributed by atoms with van der Waals surface area (Å²) in [7, 11) is 0. The normalized spacial score (nSPS) is 10.5. The number of rotatable bonds is 1. The molecule has 0 fully saturated rings. The highest BCUT2D eigenvalue weighted by Crippen LogP contribution is 2.27. The molecule has 0 saturated carbocycles. The average molecular weight is 232 g/mol. The molecule has 2 nitrogen and oxygen atoms in total. The summed E-state index contributed by atoms with van der Waals surface area (Å²) < 4.78 is 26.9. The van der Waals surface area contributed by atoms with Crippen LogP contribution in [0.25, 0.3) is 10.8 Å². The number of hydrogen-bond acceptors (Lipinski definition) is 2. The summed E-state index contributed by atoms with van der Waals surface area (Å²) in [5, 5.41) is 0.935. The Labute approximate surface area is 97.5 Å². The van der Waals surface area contributed by atoms with E-state index in [1.165, 1.54) is 6.07 Å². The number of anilines is 1. The maximum absolute atomic E-state index is 13.6. The molecule has 4 heteroatoms. The minimum Gasteiger partial charge on any atom is -0.384 e. The number of nitrogens with two attached hydrogens (primary N) is 1. The maximum atomic E-state index is 13.6. The van der Waals surface area contributed by atoms with Crippen LogP contribution in [-0.4, -0.2) is 4.98 Å². The Morgan fingerprint density at radius 3 is 2.71 bits per heavy atom. The van der Waals surface area contributed by atoms with Crippen LogP contribution in [0, 0.1) is 24.0 Å². The lowest BCUT2D eigenvalue weighted by Crippen LogP contribution is -2.01. The number of benzene rings is 1. The fourth-order valence-electron chi connectivity index (χ4n) is 1.86. The summed E-state index contributed by atoms with van der Waals surface area (Å²) in [5.74, 6) is 0.458. The number of terminal acetylenes is 1. The van der Waals surface area contributed by atoms with E-state index in [-0.39, 0.29) is 11.4 Å². The molecule has 0 bridgehead atoms. The van der Waals surface area contributed by atoms with Crippen molar-refractivity contribution in [1.82, 2.24) is 4.98 Å². The molecule has 1 aromatic carbocycles. The topological polar surface area (TPSA) is 38.9 Å². The Kier molecular flexibility index (Phi) is 2.68. The predicted octanol–water partition coefficient (Wildman–Crippen LogP) is 2.64. The zero-order valence-electron chi connectivity index (χ0n) is 9.22. The van der Waals surface area contributed by atoms with Crippen LogP contribution in [0.5, 0.6) is 0 Å². The van der Waals surface area contributed by atoms with Crippen molar-refractivity contribution in [3.05, 3.63) is 35.0 Å². The Hall–Kier alpha value is -2.15. The number of nitrogens with zero attached hydrogens (tertiary/aromatic N) is 1. The SMILES string of the molecule is C#Cc1c(F)c(F)cc2cc(N)nc(CC)c12. The number of aromatic nitrogens is 1. The molecule has 0 saturated heterocycles. The van der Waals surface area contributed by atoms with Gasteiger partial charge in [0, 0.05) is 5.39 Å². The molecule has 1 aromatic heterocycles. The van der Waals surface area contributed by atoms with Gasteiger partial charge in [-0.25, -0.2) is 13.8 Å². The van der Waals surface area contributed by atoms with Gasteiger partial charge >= 0.3 is 0 Å². The third kappa shape index (κ3) is 1.70. The van der Waals surface area contributed by atoms with Gasteiger partial charge in [0.05, 0.1) is 11.3 Å². The lowest BCUT2D eigenvalue weighted by Gasteiger charge is -2.09. The molecule has 2 N–H and O–H groups in total. The van der Waals surface area contributed by atoms with Crippen LogP contribution in [0.3, 0.4) is 0 Å². The van der Waals surface area contributed by atoms with E-state index in [2.05, 4.69) is 10.9 Å². The first kappa shape index (κ1) is 11.3. The van der Waals surface area contributed by atoms with Crippen LogP contribution in [0.4, 0.5) is 14.6 Å². The standard InChI is InChI=1S/C13H10F2N2/c1-3-8-12-7(5-9(14)13(8)15)6-11(16)17-10(12)4-2/h1,5-6H,4H2,2H3,(H2,16,17). The maximum Gasteiger partial charge on any atom is 0.175 e. The third-order valence-corrected chi connectivity index (χ3v) is 2.59. The van der Waals surface area contributed by atoms with Crippen molar-refractivity contribution in [3.63, 3.8) is 0 Å². The Bertz CT molecular complexity index is 642. The first-order valence-corrected chi connectivity index (χ1v) is 5.12. The minimum atomic E-state index is -1.01. The first-order valence-electron chi connectivity index (χ1n) is 5.12. The molecule has 0 unspecified atom stereocenters. The first-order chi connectivity index (χ1) is 8.08. The van der Waals surface area contributed by atoms with E-state index < -0.39 is 11.6 Å². The highest BCUT2D eigenvalue weighted by atomic mass is 19.2. The van der Waals surface area contributed by atoms with Crippen molar-refractivity contribution < 1.29 is 8.78 Å². The molecule has 0 aliphatic carbocycles. The molecule has 0 radical (unpaired) electrons. The fourth-order valence-corrected chi connectivity index (χ4v) is 1.86. The number of pyridine rings is 1. The number of nitrogen functional groups attached to an aromatic ring is 1. The van der Waals surface area contributed by atoms with Gasteiger partial charge in [0.25, 0.3) is 0 Å². The van der Waals surface area contributed by atoms with E-state index in [1.807, 2.05) is 6.92 Å². The minimum absolute atomic E-state index is 0.0932. The summed E-state index contributed by atoms with van der Waals surface area (Å²) in [5.41, 5.74) is 6.08. The van der Waals surface area contributed by atoms with Crippen molar-refractivity contribution in [2.45, 2.75) is 13.3 Å². The number of hydrogen-bond donors (Lipinski definition) is 1. The molecule has 1 heterocycles. The summed E-state index contributed by atoms with van der Waals surface area (Å²) in [6.45, 7) is 1.85. The second-order valence-corrected chi connectivity index (χ2v) is 3.64. The monoisotopic (exact) mass is 232 g/mol. The van der Waals surface area contributed by atoms with Gasteiger partial charge in [0.1, 0.15) is 5.82 Å². The van der Waals surface area contributed by atoms with Crippen LogP contribution in [0.15, 0.2) is 12.1 Å². The Balaban J connectivity index is 3.02. The summed E-state index contributed by atoms with van der Waals surface area (Å²) in [6.07, 6.45) is 5.77. The lowest BCUT2D eigenvalue weighted by molar-refractivity contribution is 0.509. The second-order valence-electron chi connectivity index (χ2n) is 3.64. The zero-order valence-corrected chi connectivity index (χ0v) is 9.22. The number of aryl methyl sites for hydroxylation is 1. The molecule has 2 rings (SSSR count). The highest BCUT2D eigenvalue weighted by Gasteiger charge is 2.15. The molecular weight excluding hydrogens is 222 g/mol.